The first-order chi connectivity index (χ1) is 13.9. The highest BCUT2D eigenvalue weighted by Crippen LogP contribution is 2.22. The maximum absolute atomic E-state index is 12.7. The van der Waals surface area contributed by atoms with Gasteiger partial charge in [-0.3, -0.25) is 14.6 Å². The van der Waals surface area contributed by atoms with Crippen LogP contribution in [0, 0.1) is 6.92 Å². The van der Waals surface area contributed by atoms with Gasteiger partial charge in [0.05, 0.1) is 22.5 Å². The number of nitrogens with one attached hydrogen (secondary N) is 2. The number of aromatic nitrogens is 1. The van der Waals surface area contributed by atoms with Crippen LogP contribution in [0.4, 0.5) is 5.69 Å². The maximum Gasteiger partial charge on any atom is 0.273 e. The molecule has 6 nitrogen and oxygen atoms in total. The zero-order valence-electron chi connectivity index (χ0n) is 15.9. The second-order valence-corrected chi connectivity index (χ2v) is 7.31. The summed E-state index contributed by atoms with van der Waals surface area (Å²) in [6.07, 6.45) is 3.05. The first-order valence-electron chi connectivity index (χ1n) is 8.86. The maximum atomic E-state index is 12.7. The molecule has 1 heterocycles. The first-order valence-corrected chi connectivity index (χ1v) is 9.66. The molecule has 7 heteroatoms. The second kappa shape index (κ2) is 9.25. The number of pyridine rings is 1. The Kier molecular flexibility index (Phi) is 6.51. The van der Waals surface area contributed by atoms with Crippen molar-refractivity contribution in [2.45, 2.75) is 13.8 Å². The van der Waals surface area contributed by atoms with E-state index >= 15 is 0 Å². The van der Waals surface area contributed by atoms with E-state index in [0.29, 0.717) is 21.4 Å². The number of hydrazone groups is 1. The number of amides is 2. The topological polar surface area (TPSA) is 83.5 Å². The van der Waals surface area contributed by atoms with Gasteiger partial charge in [-0.1, -0.05) is 45.8 Å². The van der Waals surface area contributed by atoms with Crippen LogP contribution in [0.25, 0.3) is 0 Å². The number of aryl methyl sites for hydroxylation is 1. The molecule has 0 spiro atoms. The molecule has 0 atom stereocenters. The zero-order chi connectivity index (χ0) is 20.8. The predicted molar refractivity (Wildman–Crippen MR) is 117 cm³/mol. The second-order valence-electron chi connectivity index (χ2n) is 6.39. The number of benzene rings is 2. The van der Waals surface area contributed by atoms with E-state index in [1.165, 1.54) is 6.20 Å². The number of carbonyl (C=O) groups is 2. The first kappa shape index (κ1) is 20.4. The molecule has 3 rings (SSSR count). The van der Waals surface area contributed by atoms with Gasteiger partial charge in [0.15, 0.2) is 0 Å². The van der Waals surface area contributed by atoms with Gasteiger partial charge >= 0.3 is 0 Å². The lowest BCUT2D eigenvalue weighted by molar-refractivity contribution is 0.0955. The van der Waals surface area contributed by atoms with Gasteiger partial charge in [0.1, 0.15) is 0 Å². The summed E-state index contributed by atoms with van der Waals surface area (Å²) in [4.78, 5) is 29.1. The Morgan fingerprint density at radius 2 is 1.79 bits per heavy atom. The van der Waals surface area contributed by atoms with Crippen LogP contribution in [-0.2, 0) is 0 Å². The van der Waals surface area contributed by atoms with Crippen LogP contribution in [0.3, 0.4) is 0 Å². The third-order valence-corrected chi connectivity index (χ3v) is 4.65. The molecule has 0 saturated heterocycles. The van der Waals surface area contributed by atoms with E-state index in [9.17, 15) is 9.59 Å². The Morgan fingerprint density at radius 3 is 2.52 bits per heavy atom. The number of rotatable bonds is 5. The molecule has 3 aromatic rings. The third-order valence-electron chi connectivity index (χ3n) is 4.16. The highest BCUT2D eigenvalue weighted by Gasteiger charge is 2.15. The predicted octanol–water partition coefficient (Wildman–Crippen LogP) is 4.56. The summed E-state index contributed by atoms with van der Waals surface area (Å²) in [6, 6.07) is 16.2. The Hall–Kier alpha value is -3.32. The van der Waals surface area contributed by atoms with Crippen LogP contribution in [-0.4, -0.2) is 22.5 Å². The van der Waals surface area contributed by atoms with Gasteiger partial charge in [0.2, 0.25) is 0 Å². The van der Waals surface area contributed by atoms with Gasteiger partial charge in [0, 0.05) is 16.9 Å². The molecule has 1 aromatic heterocycles. The highest BCUT2D eigenvalue weighted by atomic mass is 79.9. The minimum absolute atomic E-state index is 0.289. The summed E-state index contributed by atoms with van der Waals surface area (Å²) in [7, 11) is 0. The quantitative estimate of drug-likeness (QED) is 0.441. The summed E-state index contributed by atoms with van der Waals surface area (Å²) in [5, 5.41) is 6.95. The number of anilines is 1. The van der Waals surface area contributed by atoms with Gasteiger partial charge in [0.25, 0.3) is 11.8 Å². The molecule has 0 bridgehead atoms. The van der Waals surface area contributed by atoms with E-state index in [-0.39, 0.29) is 11.5 Å². The fourth-order valence-corrected chi connectivity index (χ4v) is 3.00. The number of halogens is 1. The average molecular weight is 451 g/mol. The molecule has 0 unspecified atom stereocenters. The summed E-state index contributed by atoms with van der Waals surface area (Å²) < 4.78 is 0.710. The third kappa shape index (κ3) is 5.36. The molecule has 0 fully saturated rings. The largest absolute Gasteiger partial charge is 0.321 e. The van der Waals surface area contributed by atoms with E-state index in [4.69, 9.17) is 0 Å². The van der Waals surface area contributed by atoms with E-state index < -0.39 is 5.91 Å². The number of nitrogens with zero attached hydrogens (tertiary/aromatic N) is 2. The van der Waals surface area contributed by atoms with Gasteiger partial charge in [-0.2, -0.15) is 5.10 Å². The lowest BCUT2D eigenvalue weighted by Gasteiger charge is -2.11. The lowest BCUT2D eigenvalue weighted by Crippen LogP contribution is -2.22. The monoisotopic (exact) mass is 450 g/mol. The van der Waals surface area contributed by atoms with Crippen LogP contribution in [0.1, 0.15) is 38.8 Å². The highest BCUT2D eigenvalue weighted by molar-refractivity contribution is 9.10. The van der Waals surface area contributed by atoms with E-state index in [0.717, 1.165) is 11.1 Å². The Morgan fingerprint density at radius 1 is 1.00 bits per heavy atom. The molecular formula is C22H19BrN4O2. The van der Waals surface area contributed by atoms with E-state index in [1.807, 2.05) is 38.1 Å². The van der Waals surface area contributed by atoms with Gasteiger partial charge < -0.3 is 5.32 Å². The molecule has 2 aromatic carbocycles. The summed E-state index contributed by atoms with van der Waals surface area (Å²) in [5.74, 6) is -0.784. The van der Waals surface area contributed by atoms with Crippen molar-refractivity contribution in [3.05, 3.63) is 93.7 Å². The number of hydrogen-bond acceptors (Lipinski definition) is 4. The van der Waals surface area contributed by atoms with Crippen molar-refractivity contribution >= 4 is 39.1 Å². The van der Waals surface area contributed by atoms with Crippen molar-refractivity contribution in [1.29, 1.82) is 0 Å². The normalized spacial score (nSPS) is 11.1. The number of hydrogen-bond donors (Lipinski definition) is 2. The van der Waals surface area contributed by atoms with Gasteiger partial charge in [-0.05, 0) is 49.7 Å². The van der Waals surface area contributed by atoms with Gasteiger partial charge in [-0.25, -0.2) is 5.43 Å². The van der Waals surface area contributed by atoms with Crippen molar-refractivity contribution in [3.8, 4) is 0 Å². The van der Waals surface area contributed by atoms with Crippen LogP contribution < -0.4 is 10.7 Å². The average Bonchev–Trinajstić information content (AvgIpc) is 2.73. The van der Waals surface area contributed by atoms with E-state index in [2.05, 4.69) is 36.8 Å². The fourth-order valence-electron chi connectivity index (χ4n) is 2.63. The van der Waals surface area contributed by atoms with Crippen molar-refractivity contribution in [2.24, 2.45) is 5.10 Å². The lowest BCUT2D eigenvalue weighted by atomic mass is 10.1. The minimum atomic E-state index is -0.431. The SMILES string of the molecule is CC(=NNC(=O)c1cc(Br)ccc1NC(=O)c1cccnc1)c1cccc(C)c1. The van der Waals surface area contributed by atoms with Crippen LogP contribution in [0.2, 0.25) is 0 Å². The molecule has 146 valence electrons. The van der Waals surface area contributed by atoms with Crippen molar-refractivity contribution in [1.82, 2.24) is 10.4 Å². The number of carbonyl (C=O) groups excluding carboxylic acids is 2. The molecule has 0 radical (unpaired) electrons. The molecule has 0 aliphatic rings. The van der Waals surface area contributed by atoms with Crippen molar-refractivity contribution in [2.75, 3.05) is 5.32 Å². The Labute approximate surface area is 177 Å². The molecule has 29 heavy (non-hydrogen) atoms. The molecule has 0 aliphatic carbocycles. The van der Waals surface area contributed by atoms with Crippen LogP contribution >= 0.6 is 15.9 Å². The fraction of sp³-hybridized carbons (Fsp3) is 0.0909. The Bertz CT molecular complexity index is 1080. The van der Waals surface area contributed by atoms with E-state index in [1.54, 1.807) is 36.5 Å². The minimum Gasteiger partial charge on any atom is -0.321 e. The standard InChI is InChI=1S/C22H19BrN4O2/c1-14-5-3-6-16(11-14)15(2)26-27-22(29)19-12-18(23)8-9-20(19)25-21(28)17-7-4-10-24-13-17/h3-13H,1-2H3,(H,25,28)(H,27,29). The molecular weight excluding hydrogens is 432 g/mol. The summed E-state index contributed by atoms with van der Waals surface area (Å²) >= 11 is 3.36. The Balaban J connectivity index is 1.80. The smallest absolute Gasteiger partial charge is 0.273 e. The molecule has 0 saturated carbocycles. The zero-order valence-corrected chi connectivity index (χ0v) is 17.5. The van der Waals surface area contributed by atoms with Crippen LogP contribution in [0.15, 0.2) is 76.6 Å². The summed E-state index contributed by atoms with van der Waals surface area (Å²) in [6.45, 7) is 3.81. The molecule has 2 amide bonds. The summed E-state index contributed by atoms with van der Waals surface area (Å²) in [5.41, 5.74) is 6.33. The van der Waals surface area contributed by atoms with Crippen molar-refractivity contribution < 1.29 is 9.59 Å². The van der Waals surface area contributed by atoms with Crippen LogP contribution in [0.5, 0.6) is 0 Å². The molecule has 2 N–H and O–H groups in total. The van der Waals surface area contributed by atoms with Crippen molar-refractivity contribution in [3.63, 3.8) is 0 Å². The molecule has 0 aliphatic heterocycles. The van der Waals surface area contributed by atoms with Gasteiger partial charge in [-0.15, -0.1) is 0 Å².